The summed E-state index contributed by atoms with van der Waals surface area (Å²) >= 11 is 0. The van der Waals surface area contributed by atoms with Crippen molar-refractivity contribution in [3.63, 3.8) is 0 Å². The van der Waals surface area contributed by atoms with Gasteiger partial charge in [0.1, 0.15) is 11.3 Å². The number of halogens is 1. The fourth-order valence-electron chi connectivity index (χ4n) is 3.22. The van der Waals surface area contributed by atoms with Gasteiger partial charge in [-0.05, 0) is 32.3 Å². The lowest BCUT2D eigenvalue weighted by molar-refractivity contribution is 0.368. The smallest absolute Gasteiger partial charge is 0.291 e. The van der Waals surface area contributed by atoms with E-state index in [-0.39, 0.29) is 11.4 Å². The van der Waals surface area contributed by atoms with E-state index in [4.69, 9.17) is 4.74 Å². The second kappa shape index (κ2) is 7.05. The quantitative estimate of drug-likeness (QED) is 0.498. The van der Waals surface area contributed by atoms with Gasteiger partial charge >= 0.3 is 0 Å². The van der Waals surface area contributed by atoms with Crippen LogP contribution in [0.5, 0.6) is 11.6 Å². The van der Waals surface area contributed by atoms with E-state index < -0.39 is 5.95 Å². The molecule has 4 aromatic rings. The van der Waals surface area contributed by atoms with Crippen molar-refractivity contribution in [1.29, 1.82) is 0 Å². The molecule has 0 spiro atoms. The van der Waals surface area contributed by atoms with Crippen molar-refractivity contribution in [1.82, 2.24) is 24.2 Å². The van der Waals surface area contributed by atoms with Gasteiger partial charge in [-0.3, -0.25) is 4.79 Å². The SMILES string of the molecule is CN(C)CCn1ncc2c3ccc(Oc4cccc(F)n4)cc3n(C)c2c1=O. The van der Waals surface area contributed by atoms with Gasteiger partial charge in [-0.2, -0.15) is 14.5 Å². The molecule has 0 radical (unpaired) electrons. The molecule has 3 aromatic heterocycles. The lowest BCUT2D eigenvalue weighted by Crippen LogP contribution is -2.29. The predicted molar refractivity (Wildman–Crippen MR) is 105 cm³/mol. The minimum atomic E-state index is -0.604. The van der Waals surface area contributed by atoms with Crippen LogP contribution in [0.2, 0.25) is 0 Å². The van der Waals surface area contributed by atoms with Crippen LogP contribution in [-0.4, -0.2) is 44.9 Å². The van der Waals surface area contributed by atoms with Crippen LogP contribution in [-0.2, 0) is 13.6 Å². The van der Waals surface area contributed by atoms with Gasteiger partial charge < -0.3 is 14.2 Å². The normalized spacial score (nSPS) is 11.6. The molecule has 0 N–H and O–H groups in total. The van der Waals surface area contributed by atoms with Crippen molar-refractivity contribution in [2.24, 2.45) is 7.05 Å². The molecular weight excluding hydrogens is 361 g/mol. The summed E-state index contributed by atoms with van der Waals surface area (Å²) in [6.07, 6.45) is 1.73. The van der Waals surface area contributed by atoms with Crippen molar-refractivity contribution in [2.45, 2.75) is 6.54 Å². The van der Waals surface area contributed by atoms with E-state index in [1.807, 2.05) is 42.7 Å². The van der Waals surface area contributed by atoms with Crippen molar-refractivity contribution < 1.29 is 9.13 Å². The summed E-state index contributed by atoms with van der Waals surface area (Å²) in [5.74, 6) is 0.0794. The molecule has 0 amide bonds. The molecule has 0 fully saturated rings. The molecule has 28 heavy (non-hydrogen) atoms. The van der Waals surface area contributed by atoms with Crippen molar-refractivity contribution in [2.75, 3.05) is 20.6 Å². The summed E-state index contributed by atoms with van der Waals surface area (Å²) in [6, 6.07) is 9.83. The molecule has 0 aliphatic carbocycles. The number of benzene rings is 1. The van der Waals surface area contributed by atoms with Crippen molar-refractivity contribution >= 4 is 21.8 Å². The molecule has 144 valence electrons. The third-order valence-electron chi connectivity index (χ3n) is 4.65. The predicted octanol–water partition coefficient (Wildman–Crippen LogP) is 2.78. The molecule has 0 atom stereocenters. The van der Waals surface area contributed by atoms with Gasteiger partial charge in [0.05, 0.1) is 18.3 Å². The number of aromatic nitrogens is 4. The molecule has 0 aliphatic heterocycles. The third kappa shape index (κ3) is 3.22. The molecule has 0 bridgehead atoms. The zero-order chi connectivity index (χ0) is 19.8. The van der Waals surface area contributed by atoms with Crippen LogP contribution in [0.1, 0.15) is 0 Å². The maximum Gasteiger partial charge on any atom is 0.291 e. The first-order chi connectivity index (χ1) is 13.4. The first kappa shape index (κ1) is 18.1. The van der Waals surface area contributed by atoms with Gasteiger partial charge in [0, 0.05) is 36.5 Å². The Morgan fingerprint density at radius 3 is 2.75 bits per heavy atom. The highest BCUT2D eigenvalue weighted by Gasteiger charge is 2.15. The molecule has 0 aliphatic rings. The molecule has 3 heterocycles. The van der Waals surface area contributed by atoms with Gasteiger partial charge in [0.25, 0.3) is 5.56 Å². The number of hydrogen-bond donors (Lipinski definition) is 0. The second-order valence-corrected chi connectivity index (χ2v) is 6.88. The monoisotopic (exact) mass is 381 g/mol. The number of rotatable bonds is 5. The van der Waals surface area contributed by atoms with E-state index in [1.165, 1.54) is 16.8 Å². The number of pyridine rings is 1. The molecule has 0 unspecified atom stereocenters. The molecular formula is C20H20FN5O2. The summed E-state index contributed by atoms with van der Waals surface area (Å²) in [7, 11) is 5.75. The summed E-state index contributed by atoms with van der Waals surface area (Å²) in [4.78, 5) is 18.6. The zero-order valence-corrected chi connectivity index (χ0v) is 15.9. The summed E-state index contributed by atoms with van der Waals surface area (Å²) < 4.78 is 22.3. The lowest BCUT2D eigenvalue weighted by Gasteiger charge is -2.10. The van der Waals surface area contributed by atoms with Gasteiger partial charge in [-0.15, -0.1) is 0 Å². The highest BCUT2D eigenvalue weighted by molar-refractivity contribution is 6.07. The van der Waals surface area contributed by atoms with Gasteiger partial charge in [0.2, 0.25) is 11.8 Å². The van der Waals surface area contributed by atoms with Crippen LogP contribution < -0.4 is 10.3 Å². The third-order valence-corrected chi connectivity index (χ3v) is 4.65. The fraction of sp³-hybridized carbons (Fsp3) is 0.250. The first-order valence-electron chi connectivity index (χ1n) is 8.87. The fourth-order valence-corrected chi connectivity index (χ4v) is 3.22. The van der Waals surface area contributed by atoms with E-state index in [9.17, 15) is 9.18 Å². The number of likely N-dealkylation sites (N-methyl/N-ethyl adjacent to an activating group) is 1. The Labute approximate surface area is 160 Å². The number of hydrogen-bond acceptors (Lipinski definition) is 5. The average molecular weight is 381 g/mol. The Morgan fingerprint density at radius 2 is 2.00 bits per heavy atom. The molecule has 8 heteroatoms. The van der Waals surface area contributed by atoms with E-state index in [0.717, 1.165) is 22.8 Å². The zero-order valence-electron chi connectivity index (χ0n) is 15.9. The molecule has 0 saturated carbocycles. The van der Waals surface area contributed by atoms with Crippen molar-refractivity contribution in [3.8, 4) is 11.6 Å². The highest BCUT2D eigenvalue weighted by Crippen LogP contribution is 2.30. The molecule has 1 aromatic carbocycles. The van der Waals surface area contributed by atoms with Crippen LogP contribution in [0.4, 0.5) is 4.39 Å². The largest absolute Gasteiger partial charge is 0.439 e. The van der Waals surface area contributed by atoms with Crippen LogP contribution in [0, 0.1) is 5.95 Å². The number of fused-ring (bicyclic) bond motifs is 3. The van der Waals surface area contributed by atoms with Crippen LogP contribution >= 0.6 is 0 Å². The van der Waals surface area contributed by atoms with E-state index in [0.29, 0.717) is 17.8 Å². The Bertz CT molecular complexity index is 1230. The summed E-state index contributed by atoms with van der Waals surface area (Å²) in [5, 5.41) is 6.02. The Hall–Kier alpha value is -3.26. The van der Waals surface area contributed by atoms with Gasteiger partial charge in [-0.25, -0.2) is 4.68 Å². The van der Waals surface area contributed by atoms with Crippen LogP contribution in [0.15, 0.2) is 47.4 Å². The minimum absolute atomic E-state index is 0.132. The van der Waals surface area contributed by atoms with E-state index >= 15 is 0 Å². The highest BCUT2D eigenvalue weighted by atomic mass is 19.1. The maximum atomic E-state index is 13.3. The molecule has 7 nitrogen and oxygen atoms in total. The summed E-state index contributed by atoms with van der Waals surface area (Å²) in [5.41, 5.74) is 1.28. The van der Waals surface area contributed by atoms with E-state index in [1.54, 1.807) is 18.3 Å². The van der Waals surface area contributed by atoms with Gasteiger partial charge in [-0.1, -0.05) is 6.07 Å². The average Bonchev–Trinajstić information content (AvgIpc) is 2.94. The number of aryl methyl sites for hydroxylation is 1. The second-order valence-electron chi connectivity index (χ2n) is 6.88. The molecule has 0 saturated heterocycles. The van der Waals surface area contributed by atoms with Crippen LogP contribution in [0.25, 0.3) is 21.8 Å². The maximum absolute atomic E-state index is 13.3. The minimum Gasteiger partial charge on any atom is -0.439 e. The number of nitrogens with zero attached hydrogens (tertiary/aromatic N) is 5. The van der Waals surface area contributed by atoms with Gasteiger partial charge in [0.15, 0.2) is 0 Å². The Morgan fingerprint density at radius 1 is 1.18 bits per heavy atom. The topological polar surface area (TPSA) is 65.2 Å². The lowest BCUT2D eigenvalue weighted by atomic mass is 10.2. The first-order valence-corrected chi connectivity index (χ1v) is 8.87. The van der Waals surface area contributed by atoms with Crippen LogP contribution in [0.3, 0.4) is 0 Å². The number of ether oxygens (including phenoxy) is 1. The van der Waals surface area contributed by atoms with Crippen molar-refractivity contribution in [3.05, 3.63) is 58.9 Å². The Balaban J connectivity index is 1.79. The summed E-state index contributed by atoms with van der Waals surface area (Å²) in [6.45, 7) is 1.24. The Kier molecular flexibility index (Phi) is 4.56. The molecule has 4 rings (SSSR count). The standard InChI is InChI=1S/C20H20FN5O2/c1-24(2)9-10-26-20(27)19-15(12-22-26)14-8-7-13(11-16(14)25(19)3)28-18-6-4-5-17(21)23-18/h4-8,11-12H,9-10H2,1-3H3. The van der Waals surface area contributed by atoms with E-state index in [2.05, 4.69) is 10.1 Å².